The average molecular weight is 294 g/mol. The molecule has 110 valence electrons. The predicted octanol–water partition coefficient (Wildman–Crippen LogP) is 1.38. The van der Waals surface area contributed by atoms with Crippen molar-refractivity contribution in [3.8, 4) is 0 Å². The summed E-state index contributed by atoms with van der Waals surface area (Å²) in [5, 5.41) is 14.9. The predicted molar refractivity (Wildman–Crippen MR) is 79.7 cm³/mol. The lowest BCUT2D eigenvalue weighted by Crippen LogP contribution is -2.41. The summed E-state index contributed by atoms with van der Waals surface area (Å²) in [6, 6.07) is 2.13. The lowest BCUT2D eigenvalue weighted by Gasteiger charge is -2.27. The van der Waals surface area contributed by atoms with Crippen LogP contribution in [0.25, 0.3) is 0 Å². The molecule has 1 saturated carbocycles. The van der Waals surface area contributed by atoms with Crippen LogP contribution in [0.1, 0.15) is 29.7 Å². The monoisotopic (exact) mass is 294 g/mol. The second-order valence-electron chi connectivity index (χ2n) is 5.90. The van der Waals surface area contributed by atoms with E-state index in [1.165, 1.54) is 10.4 Å². The zero-order valence-electron chi connectivity index (χ0n) is 11.7. The molecule has 1 aliphatic heterocycles. The van der Waals surface area contributed by atoms with Crippen molar-refractivity contribution in [2.75, 3.05) is 19.6 Å². The summed E-state index contributed by atoms with van der Waals surface area (Å²) in [6.07, 6.45) is 3.73. The Hall–Kier alpha value is -0.910. The van der Waals surface area contributed by atoms with E-state index in [9.17, 15) is 9.90 Å². The summed E-state index contributed by atoms with van der Waals surface area (Å²) in [5.74, 6) is 0.725. The van der Waals surface area contributed by atoms with E-state index in [-0.39, 0.29) is 12.0 Å². The second-order valence-corrected chi connectivity index (χ2v) is 6.90. The third kappa shape index (κ3) is 3.22. The van der Waals surface area contributed by atoms with Gasteiger partial charge < -0.3 is 15.3 Å². The fourth-order valence-electron chi connectivity index (χ4n) is 3.19. The smallest absolute Gasteiger partial charge is 0.236 e. The van der Waals surface area contributed by atoms with Crippen molar-refractivity contribution in [1.29, 1.82) is 0 Å². The molecule has 1 aromatic heterocycles. The summed E-state index contributed by atoms with van der Waals surface area (Å²) in [5.41, 5.74) is 1.31. The molecule has 5 heteroatoms. The van der Waals surface area contributed by atoms with Gasteiger partial charge in [0, 0.05) is 18.0 Å². The Morgan fingerprint density at radius 2 is 2.40 bits per heavy atom. The van der Waals surface area contributed by atoms with Gasteiger partial charge in [0.25, 0.3) is 0 Å². The van der Waals surface area contributed by atoms with Crippen LogP contribution in [-0.2, 0) is 17.8 Å². The van der Waals surface area contributed by atoms with Crippen molar-refractivity contribution in [1.82, 2.24) is 10.2 Å². The van der Waals surface area contributed by atoms with E-state index in [1.807, 2.05) is 4.90 Å². The summed E-state index contributed by atoms with van der Waals surface area (Å²) < 4.78 is 0. The van der Waals surface area contributed by atoms with Crippen molar-refractivity contribution < 1.29 is 9.90 Å². The Labute approximate surface area is 123 Å². The third-order valence-corrected chi connectivity index (χ3v) is 5.41. The molecule has 1 aromatic rings. The zero-order valence-corrected chi connectivity index (χ0v) is 12.5. The van der Waals surface area contributed by atoms with Crippen LogP contribution in [0.3, 0.4) is 0 Å². The average Bonchev–Trinajstić information content (AvgIpc) is 3.06. The first-order valence-electron chi connectivity index (χ1n) is 7.44. The lowest BCUT2D eigenvalue weighted by atomic mass is 10.1. The van der Waals surface area contributed by atoms with Gasteiger partial charge >= 0.3 is 0 Å². The summed E-state index contributed by atoms with van der Waals surface area (Å²) in [7, 11) is 0. The first-order valence-corrected chi connectivity index (χ1v) is 8.32. The van der Waals surface area contributed by atoms with Crippen LogP contribution in [0, 0.1) is 5.92 Å². The van der Waals surface area contributed by atoms with E-state index in [2.05, 4.69) is 16.8 Å². The van der Waals surface area contributed by atoms with E-state index >= 15 is 0 Å². The normalized spacial score (nSPS) is 25.8. The number of amides is 1. The number of rotatable bonds is 4. The second kappa shape index (κ2) is 6.24. The molecule has 2 N–H and O–H groups in total. The fraction of sp³-hybridized carbons (Fsp3) is 0.667. The van der Waals surface area contributed by atoms with Gasteiger partial charge in [-0.15, -0.1) is 11.3 Å². The van der Waals surface area contributed by atoms with Crippen molar-refractivity contribution >= 4 is 17.2 Å². The van der Waals surface area contributed by atoms with Gasteiger partial charge in [-0.2, -0.15) is 0 Å². The third-order valence-electron chi connectivity index (χ3n) is 4.38. The minimum absolute atomic E-state index is 0.128. The number of carbonyl (C=O) groups excluding carboxylic acids is 1. The highest BCUT2D eigenvalue weighted by atomic mass is 32.1. The highest BCUT2D eigenvalue weighted by molar-refractivity contribution is 7.10. The Kier molecular flexibility index (Phi) is 4.38. The van der Waals surface area contributed by atoms with Crippen LogP contribution >= 0.6 is 11.3 Å². The minimum atomic E-state index is -0.128. The molecule has 2 heterocycles. The van der Waals surface area contributed by atoms with Crippen LogP contribution in [0.5, 0.6) is 0 Å². The van der Waals surface area contributed by atoms with Crippen molar-refractivity contribution in [3.63, 3.8) is 0 Å². The summed E-state index contributed by atoms with van der Waals surface area (Å²) in [6.45, 7) is 2.88. The maximum atomic E-state index is 12.2. The first kappa shape index (κ1) is 14.0. The van der Waals surface area contributed by atoms with E-state index in [0.29, 0.717) is 12.5 Å². The minimum Gasteiger partial charge on any atom is -0.393 e. The summed E-state index contributed by atoms with van der Waals surface area (Å²) >= 11 is 1.80. The van der Waals surface area contributed by atoms with Gasteiger partial charge in [-0.05, 0) is 55.2 Å². The molecule has 2 aliphatic rings. The molecule has 0 saturated heterocycles. The molecule has 1 fully saturated rings. The van der Waals surface area contributed by atoms with Gasteiger partial charge in [-0.1, -0.05) is 0 Å². The molecule has 2 atom stereocenters. The van der Waals surface area contributed by atoms with Crippen LogP contribution in [0.2, 0.25) is 0 Å². The number of thiophene rings is 1. The van der Waals surface area contributed by atoms with Gasteiger partial charge in [-0.25, -0.2) is 0 Å². The number of nitrogens with zero attached hydrogens (tertiary/aromatic N) is 1. The van der Waals surface area contributed by atoms with Gasteiger partial charge in [0.15, 0.2) is 0 Å². The van der Waals surface area contributed by atoms with Gasteiger partial charge in [0.1, 0.15) is 0 Å². The van der Waals surface area contributed by atoms with E-state index < -0.39 is 0 Å². The van der Waals surface area contributed by atoms with Crippen LogP contribution < -0.4 is 5.32 Å². The number of aliphatic hydroxyl groups excluding tert-OH is 1. The van der Waals surface area contributed by atoms with Crippen molar-refractivity contribution in [2.45, 2.75) is 38.3 Å². The molecule has 20 heavy (non-hydrogen) atoms. The van der Waals surface area contributed by atoms with Gasteiger partial charge in [0.2, 0.25) is 5.91 Å². The Bertz CT molecular complexity index is 474. The van der Waals surface area contributed by atoms with Crippen molar-refractivity contribution in [3.05, 3.63) is 21.9 Å². The molecule has 4 nitrogen and oxygen atoms in total. The molecule has 3 rings (SSSR count). The molecular formula is C15H22N2O2S. The zero-order chi connectivity index (χ0) is 13.9. The molecular weight excluding hydrogens is 272 g/mol. The highest BCUT2D eigenvalue weighted by Crippen LogP contribution is 2.25. The van der Waals surface area contributed by atoms with E-state index in [1.54, 1.807) is 11.3 Å². The van der Waals surface area contributed by atoms with E-state index in [4.69, 9.17) is 0 Å². The van der Waals surface area contributed by atoms with Crippen molar-refractivity contribution in [2.24, 2.45) is 5.92 Å². The molecule has 1 amide bonds. The number of hydrogen-bond donors (Lipinski definition) is 2. The molecule has 2 unspecified atom stereocenters. The number of nitrogens with one attached hydrogen (secondary N) is 1. The van der Waals surface area contributed by atoms with Gasteiger partial charge in [-0.3, -0.25) is 4.79 Å². The molecule has 0 bridgehead atoms. The molecule has 0 spiro atoms. The number of hydrogen-bond acceptors (Lipinski definition) is 4. The van der Waals surface area contributed by atoms with Crippen LogP contribution in [0.4, 0.5) is 0 Å². The Morgan fingerprint density at radius 1 is 1.50 bits per heavy atom. The molecule has 0 radical (unpaired) electrons. The quantitative estimate of drug-likeness (QED) is 0.882. The van der Waals surface area contributed by atoms with E-state index in [0.717, 1.165) is 45.3 Å². The fourth-order valence-corrected chi connectivity index (χ4v) is 4.08. The molecule has 0 aromatic carbocycles. The Balaban J connectivity index is 1.41. The number of carbonyl (C=O) groups is 1. The summed E-state index contributed by atoms with van der Waals surface area (Å²) in [4.78, 5) is 15.6. The highest BCUT2D eigenvalue weighted by Gasteiger charge is 2.24. The lowest BCUT2D eigenvalue weighted by molar-refractivity contribution is -0.131. The largest absolute Gasteiger partial charge is 0.393 e. The topological polar surface area (TPSA) is 52.6 Å². The molecule has 1 aliphatic carbocycles. The van der Waals surface area contributed by atoms with Crippen LogP contribution in [0.15, 0.2) is 11.4 Å². The number of aliphatic hydroxyl groups is 1. The SMILES string of the molecule is O=C(CNCC1CCC(O)C1)N1CCc2sccc2C1. The Morgan fingerprint density at radius 3 is 3.20 bits per heavy atom. The first-order chi connectivity index (χ1) is 9.72. The van der Waals surface area contributed by atoms with Gasteiger partial charge in [0.05, 0.1) is 12.6 Å². The van der Waals surface area contributed by atoms with Crippen LogP contribution in [-0.4, -0.2) is 41.7 Å². The number of fused-ring (bicyclic) bond motifs is 1. The maximum Gasteiger partial charge on any atom is 0.236 e. The maximum absolute atomic E-state index is 12.2. The standard InChI is InChI=1S/C15H22N2O2S/c18-13-2-1-11(7-13)8-16-9-15(19)17-5-3-14-12(10-17)4-6-20-14/h4,6,11,13,16,18H,1-3,5,7-10H2.